The van der Waals surface area contributed by atoms with Crippen LogP contribution in [-0.4, -0.2) is 33.1 Å². The Morgan fingerprint density at radius 1 is 1.17 bits per heavy atom. The number of amidine groups is 1. The van der Waals surface area contributed by atoms with E-state index in [2.05, 4.69) is 66.4 Å². The summed E-state index contributed by atoms with van der Waals surface area (Å²) < 4.78 is 1.94. The molecule has 4 rings (SSSR count). The van der Waals surface area contributed by atoms with Gasteiger partial charge < -0.3 is 0 Å². The number of hydrogen-bond donors (Lipinski definition) is 0. The van der Waals surface area contributed by atoms with Crippen molar-refractivity contribution in [2.24, 2.45) is 9.98 Å². The standard InChI is InChI=1S/C18H19N5/c1-11(2)23-17-7-6-13(9-15(17)21-22-23)16-10-19-18(20-16)14-5-4-12(3)8-14/h4-7,9,11H,8,10H2,1-3H3. The van der Waals surface area contributed by atoms with E-state index in [4.69, 9.17) is 4.99 Å². The van der Waals surface area contributed by atoms with Crippen molar-refractivity contribution in [2.75, 3.05) is 6.54 Å². The van der Waals surface area contributed by atoms with Gasteiger partial charge in [0.05, 0.1) is 17.8 Å². The van der Waals surface area contributed by atoms with E-state index in [0.717, 1.165) is 34.6 Å². The largest absolute Gasteiger partial charge is 0.260 e. The van der Waals surface area contributed by atoms with Crippen LogP contribution < -0.4 is 0 Å². The molecule has 2 aromatic rings. The third-order valence-electron chi connectivity index (χ3n) is 4.24. The Morgan fingerprint density at radius 3 is 2.78 bits per heavy atom. The minimum absolute atomic E-state index is 0.301. The summed E-state index contributed by atoms with van der Waals surface area (Å²) in [6.07, 6.45) is 5.22. The molecule has 5 nitrogen and oxygen atoms in total. The lowest BCUT2D eigenvalue weighted by atomic mass is 10.1. The normalized spacial score (nSPS) is 17.6. The van der Waals surface area contributed by atoms with Gasteiger partial charge in [0.25, 0.3) is 0 Å². The highest BCUT2D eigenvalue weighted by Crippen LogP contribution is 2.24. The fraction of sp³-hybridized carbons (Fsp3) is 0.333. The molecule has 1 aliphatic carbocycles. The third kappa shape index (κ3) is 2.42. The second-order valence-electron chi connectivity index (χ2n) is 6.41. The first-order valence-electron chi connectivity index (χ1n) is 7.96. The molecule has 0 atom stereocenters. The minimum atomic E-state index is 0.301. The third-order valence-corrected chi connectivity index (χ3v) is 4.24. The van der Waals surface area contributed by atoms with Gasteiger partial charge in [0.15, 0.2) is 5.84 Å². The lowest BCUT2D eigenvalue weighted by Crippen LogP contribution is -2.04. The molecule has 2 heterocycles. The Morgan fingerprint density at radius 2 is 2.04 bits per heavy atom. The zero-order valence-electron chi connectivity index (χ0n) is 13.6. The number of hydrogen-bond acceptors (Lipinski definition) is 4. The molecule has 1 aromatic carbocycles. The number of rotatable bonds is 3. The molecule has 5 heteroatoms. The molecule has 0 spiro atoms. The van der Waals surface area contributed by atoms with Gasteiger partial charge in [0, 0.05) is 17.2 Å². The van der Waals surface area contributed by atoms with Crippen molar-refractivity contribution < 1.29 is 0 Å². The van der Waals surface area contributed by atoms with Crippen LogP contribution in [0.5, 0.6) is 0 Å². The molecule has 23 heavy (non-hydrogen) atoms. The Kier molecular flexibility index (Phi) is 3.22. The van der Waals surface area contributed by atoms with E-state index in [1.807, 2.05) is 4.68 Å². The first kappa shape index (κ1) is 14.1. The molecule has 0 radical (unpaired) electrons. The summed E-state index contributed by atoms with van der Waals surface area (Å²) in [5.74, 6) is 0.874. The quantitative estimate of drug-likeness (QED) is 0.871. The zero-order chi connectivity index (χ0) is 16.0. The van der Waals surface area contributed by atoms with Crippen molar-refractivity contribution in [3.63, 3.8) is 0 Å². The molecule has 0 saturated heterocycles. The summed E-state index contributed by atoms with van der Waals surface area (Å²) in [5, 5.41) is 8.51. The van der Waals surface area contributed by atoms with E-state index in [1.165, 1.54) is 11.1 Å². The predicted octanol–water partition coefficient (Wildman–Crippen LogP) is 3.49. The lowest BCUT2D eigenvalue weighted by molar-refractivity contribution is 0.530. The van der Waals surface area contributed by atoms with Crippen LogP contribution in [0.25, 0.3) is 11.0 Å². The Balaban J connectivity index is 1.63. The number of fused-ring (bicyclic) bond motifs is 1. The monoisotopic (exact) mass is 305 g/mol. The molecule has 0 bridgehead atoms. The van der Waals surface area contributed by atoms with Crippen LogP contribution in [-0.2, 0) is 0 Å². The van der Waals surface area contributed by atoms with Crippen LogP contribution in [0.3, 0.4) is 0 Å². The van der Waals surface area contributed by atoms with E-state index in [-0.39, 0.29) is 0 Å². The molecule has 1 aromatic heterocycles. The van der Waals surface area contributed by atoms with Crippen LogP contribution in [0.2, 0.25) is 0 Å². The van der Waals surface area contributed by atoms with Gasteiger partial charge in [-0.25, -0.2) is 9.67 Å². The van der Waals surface area contributed by atoms with E-state index in [9.17, 15) is 0 Å². The fourth-order valence-electron chi connectivity index (χ4n) is 2.99. The van der Waals surface area contributed by atoms with Gasteiger partial charge in [-0.2, -0.15) is 0 Å². The highest BCUT2D eigenvalue weighted by Gasteiger charge is 2.18. The van der Waals surface area contributed by atoms with Gasteiger partial charge in [-0.1, -0.05) is 29.0 Å². The number of benzene rings is 1. The van der Waals surface area contributed by atoms with Crippen molar-refractivity contribution in [1.82, 2.24) is 15.0 Å². The van der Waals surface area contributed by atoms with E-state index < -0.39 is 0 Å². The van der Waals surface area contributed by atoms with Gasteiger partial charge in [0.1, 0.15) is 5.52 Å². The van der Waals surface area contributed by atoms with Crippen LogP contribution in [0.4, 0.5) is 0 Å². The van der Waals surface area contributed by atoms with Crippen molar-refractivity contribution in [1.29, 1.82) is 0 Å². The second kappa shape index (κ2) is 5.26. The highest BCUT2D eigenvalue weighted by molar-refractivity contribution is 6.18. The van der Waals surface area contributed by atoms with Crippen molar-refractivity contribution in [3.05, 3.63) is 47.1 Å². The summed E-state index contributed by atoms with van der Waals surface area (Å²) in [7, 11) is 0. The van der Waals surface area contributed by atoms with Crippen molar-refractivity contribution in [2.45, 2.75) is 33.2 Å². The molecule has 0 amide bonds. The van der Waals surface area contributed by atoms with Crippen molar-refractivity contribution >= 4 is 22.6 Å². The maximum atomic E-state index is 4.73. The van der Waals surface area contributed by atoms with Crippen LogP contribution >= 0.6 is 0 Å². The number of aromatic nitrogens is 3. The minimum Gasteiger partial charge on any atom is -0.260 e. The van der Waals surface area contributed by atoms with Crippen LogP contribution in [0.15, 0.2) is 51.5 Å². The molecule has 0 saturated carbocycles. The molecule has 0 unspecified atom stereocenters. The van der Waals surface area contributed by atoms with Gasteiger partial charge in [-0.05, 0) is 39.3 Å². The first-order valence-corrected chi connectivity index (χ1v) is 7.96. The molecule has 0 N–H and O–H groups in total. The SMILES string of the molecule is CC1=CC=C(C2=NCC(c3ccc4c(c3)nnn4C(C)C)=N2)C1. The molecule has 2 aliphatic rings. The van der Waals surface area contributed by atoms with E-state index in [1.54, 1.807) is 0 Å². The lowest BCUT2D eigenvalue weighted by Gasteiger charge is -2.05. The Labute approximate surface area is 135 Å². The number of aliphatic imine (C=N–C) groups is 2. The van der Waals surface area contributed by atoms with Gasteiger partial charge in [-0.3, -0.25) is 4.99 Å². The van der Waals surface area contributed by atoms with Crippen LogP contribution in [0, 0.1) is 0 Å². The summed E-state index contributed by atoms with van der Waals surface area (Å²) in [5.41, 5.74) is 6.62. The summed E-state index contributed by atoms with van der Waals surface area (Å²) >= 11 is 0. The highest BCUT2D eigenvalue weighted by atomic mass is 15.4. The topological polar surface area (TPSA) is 55.4 Å². The fourth-order valence-corrected chi connectivity index (χ4v) is 2.99. The van der Waals surface area contributed by atoms with Crippen molar-refractivity contribution in [3.8, 4) is 0 Å². The maximum absolute atomic E-state index is 4.73. The smallest absolute Gasteiger partial charge is 0.151 e. The van der Waals surface area contributed by atoms with Gasteiger partial charge in [0.2, 0.25) is 0 Å². The number of nitrogens with zero attached hydrogens (tertiary/aromatic N) is 5. The first-order chi connectivity index (χ1) is 11.1. The van der Waals surface area contributed by atoms with E-state index in [0.29, 0.717) is 12.6 Å². The summed E-state index contributed by atoms with van der Waals surface area (Å²) in [6, 6.07) is 6.53. The van der Waals surface area contributed by atoms with Gasteiger partial charge in [-0.15, -0.1) is 5.10 Å². The summed E-state index contributed by atoms with van der Waals surface area (Å²) in [4.78, 5) is 9.33. The molecular formula is C18H19N5. The predicted molar refractivity (Wildman–Crippen MR) is 93.2 cm³/mol. The maximum Gasteiger partial charge on any atom is 0.151 e. The average molecular weight is 305 g/mol. The van der Waals surface area contributed by atoms with Crippen LogP contribution in [0.1, 0.15) is 38.8 Å². The molecule has 0 fully saturated rings. The summed E-state index contributed by atoms with van der Waals surface area (Å²) in [6.45, 7) is 6.98. The molecule has 116 valence electrons. The average Bonchev–Trinajstić information content (AvgIpc) is 3.24. The second-order valence-corrected chi connectivity index (χ2v) is 6.41. The number of allylic oxidation sites excluding steroid dienone is 3. The Hall–Kier alpha value is -2.56. The van der Waals surface area contributed by atoms with E-state index >= 15 is 0 Å². The van der Waals surface area contributed by atoms with Gasteiger partial charge >= 0.3 is 0 Å². The Bertz CT molecular complexity index is 909. The zero-order valence-corrected chi connectivity index (χ0v) is 13.6. The molecular weight excluding hydrogens is 286 g/mol. The molecule has 1 aliphatic heterocycles.